The minimum Gasteiger partial charge on any atom is -0.388 e. The first-order valence-electron chi connectivity index (χ1n) is 5.83. The Morgan fingerprint density at radius 1 is 1.41 bits per heavy atom. The van der Waals surface area contributed by atoms with Gasteiger partial charge in [-0.15, -0.1) is 0 Å². The van der Waals surface area contributed by atoms with Gasteiger partial charge in [-0.25, -0.2) is 0 Å². The predicted octanol–water partition coefficient (Wildman–Crippen LogP) is 3.21. The molecule has 1 rings (SSSR count). The van der Waals surface area contributed by atoms with Crippen LogP contribution in [0.5, 0.6) is 0 Å². The van der Waals surface area contributed by atoms with Gasteiger partial charge < -0.3 is 10.6 Å². The van der Waals surface area contributed by atoms with Crippen molar-refractivity contribution < 1.29 is 4.84 Å². The first-order valence-corrected chi connectivity index (χ1v) is 6.21. The van der Waals surface area contributed by atoms with Crippen LogP contribution in [0.2, 0.25) is 5.02 Å². The van der Waals surface area contributed by atoms with E-state index in [1.54, 1.807) is 6.21 Å². The van der Waals surface area contributed by atoms with Gasteiger partial charge in [0.2, 0.25) is 0 Å². The summed E-state index contributed by atoms with van der Waals surface area (Å²) in [4.78, 5) is 5.52. The SMILES string of the molecule is CCC(CC)(CN)O/N=C/c1cccc(Cl)c1. The number of nitrogens with two attached hydrogens (primary N) is 1. The molecule has 0 saturated carbocycles. The molecule has 0 aromatic heterocycles. The Bertz CT molecular complexity index is 367. The Hall–Kier alpha value is -1.06. The lowest BCUT2D eigenvalue weighted by Crippen LogP contribution is -2.38. The fraction of sp³-hybridized carbons (Fsp3) is 0.462. The molecule has 0 atom stereocenters. The number of halogens is 1. The lowest BCUT2D eigenvalue weighted by molar-refractivity contribution is -0.0410. The summed E-state index contributed by atoms with van der Waals surface area (Å²) in [6.45, 7) is 4.56. The highest BCUT2D eigenvalue weighted by Crippen LogP contribution is 2.19. The van der Waals surface area contributed by atoms with Gasteiger partial charge in [0, 0.05) is 11.6 Å². The molecule has 0 aliphatic heterocycles. The molecule has 3 nitrogen and oxygen atoms in total. The molecule has 0 fully saturated rings. The number of rotatable bonds is 6. The van der Waals surface area contributed by atoms with Crippen molar-refractivity contribution in [3.05, 3.63) is 34.9 Å². The van der Waals surface area contributed by atoms with Crippen molar-refractivity contribution >= 4 is 17.8 Å². The average Bonchev–Trinajstić information content (AvgIpc) is 2.35. The van der Waals surface area contributed by atoms with Gasteiger partial charge in [0.1, 0.15) is 5.60 Å². The maximum atomic E-state index is 5.87. The van der Waals surface area contributed by atoms with Crippen molar-refractivity contribution in [2.75, 3.05) is 6.54 Å². The number of benzene rings is 1. The molecule has 0 aliphatic rings. The van der Waals surface area contributed by atoms with Crippen molar-refractivity contribution in [1.82, 2.24) is 0 Å². The first-order chi connectivity index (χ1) is 8.15. The summed E-state index contributed by atoms with van der Waals surface area (Å²) in [5.74, 6) is 0. The number of hydrogen-bond donors (Lipinski definition) is 1. The zero-order chi connectivity index (χ0) is 12.7. The van der Waals surface area contributed by atoms with Crippen LogP contribution in [0.25, 0.3) is 0 Å². The molecule has 0 bridgehead atoms. The molecule has 0 radical (unpaired) electrons. The van der Waals surface area contributed by atoms with Gasteiger partial charge in [0.25, 0.3) is 0 Å². The standard InChI is InChI=1S/C13H19ClN2O/c1-3-13(4-2,10-15)17-16-9-11-6-5-7-12(14)8-11/h5-9H,3-4,10,15H2,1-2H3/b16-9+. The Morgan fingerprint density at radius 2 is 2.12 bits per heavy atom. The van der Waals surface area contributed by atoms with Crippen LogP contribution >= 0.6 is 11.6 Å². The number of hydrogen-bond acceptors (Lipinski definition) is 3. The van der Waals surface area contributed by atoms with Gasteiger partial charge in [0.15, 0.2) is 0 Å². The fourth-order valence-corrected chi connectivity index (χ4v) is 1.69. The normalized spacial score (nSPS) is 12.0. The van der Waals surface area contributed by atoms with Crippen LogP contribution in [0.3, 0.4) is 0 Å². The molecule has 0 heterocycles. The van der Waals surface area contributed by atoms with E-state index in [4.69, 9.17) is 22.2 Å². The molecule has 2 N–H and O–H groups in total. The van der Waals surface area contributed by atoms with Gasteiger partial charge in [-0.2, -0.15) is 0 Å². The summed E-state index contributed by atoms with van der Waals surface area (Å²) in [6.07, 6.45) is 3.33. The van der Waals surface area contributed by atoms with Crippen LogP contribution in [0.4, 0.5) is 0 Å². The Kier molecular flexibility index (Phi) is 5.45. The smallest absolute Gasteiger partial charge is 0.149 e. The average molecular weight is 255 g/mol. The second kappa shape index (κ2) is 6.62. The Labute approximate surface area is 108 Å². The molecule has 17 heavy (non-hydrogen) atoms. The second-order valence-corrected chi connectivity index (χ2v) is 4.41. The maximum Gasteiger partial charge on any atom is 0.149 e. The molecule has 0 spiro atoms. The number of oxime groups is 1. The first kappa shape index (κ1) is 14.0. The van der Waals surface area contributed by atoms with Crippen molar-refractivity contribution in [1.29, 1.82) is 0 Å². The largest absolute Gasteiger partial charge is 0.388 e. The predicted molar refractivity (Wildman–Crippen MR) is 72.5 cm³/mol. The van der Waals surface area contributed by atoms with Gasteiger partial charge in [-0.1, -0.05) is 42.7 Å². The van der Waals surface area contributed by atoms with Crippen LogP contribution < -0.4 is 5.73 Å². The quantitative estimate of drug-likeness (QED) is 0.626. The van der Waals surface area contributed by atoms with Crippen LogP contribution in [-0.2, 0) is 4.84 Å². The minimum absolute atomic E-state index is 0.352. The Morgan fingerprint density at radius 3 is 2.65 bits per heavy atom. The van der Waals surface area contributed by atoms with Crippen molar-refractivity contribution in [3.63, 3.8) is 0 Å². The second-order valence-electron chi connectivity index (χ2n) is 3.98. The topological polar surface area (TPSA) is 47.6 Å². The highest BCUT2D eigenvalue weighted by Gasteiger charge is 2.26. The van der Waals surface area contributed by atoms with E-state index in [0.717, 1.165) is 18.4 Å². The molecule has 94 valence electrons. The highest BCUT2D eigenvalue weighted by molar-refractivity contribution is 6.30. The molecular formula is C13H19ClN2O. The van der Waals surface area contributed by atoms with Crippen LogP contribution in [0.1, 0.15) is 32.3 Å². The maximum absolute atomic E-state index is 5.87. The monoisotopic (exact) mass is 254 g/mol. The minimum atomic E-state index is -0.352. The summed E-state index contributed by atoms with van der Waals surface area (Å²) >= 11 is 5.87. The van der Waals surface area contributed by atoms with Gasteiger partial charge in [-0.3, -0.25) is 0 Å². The zero-order valence-corrected chi connectivity index (χ0v) is 11.1. The van der Waals surface area contributed by atoms with E-state index in [2.05, 4.69) is 5.16 Å². The summed E-state index contributed by atoms with van der Waals surface area (Å²) in [7, 11) is 0. The van der Waals surface area contributed by atoms with Crippen LogP contribution in [-0.4, -0.2) is 18.4 Å². The van der Waals surface area contributed by atoms with E-state index >= 15 is 0 Å². The molecular weight excluding hydrogens is 236 g/mol. The summed E-state index contributed by atoms with van der Waals surface area (Å²) in [6, 6.07) is 7.44. The molecule has 1 aromatic rings. The third kappa shape index (κ3) is 4.02. The van der Waals surface area contributed by atoms with Gasteiger partial charge in [-0.05, 0) is 30.5 Å². The highest BCUT2D eigenvalue weighted by atomic mass is 35.5. The summed E-state index contributed by atoms with van der Waals surface area (Å²) in [5.41, 5.74) is 6.27. The van der Waals surface area contributed by atoms with E-state index in [-0.39, 0.29) is 5.60 Å². The number of nitrogens with zero attached hydrogens (tertiary/aromatic N) is 1. The van der Waals surface area contributed by atoms with Crippen LogP contribution in [0, 0.1) is 0 Å². The van der Waals surface area contributed by atoms with Crippen molar-refractivity contribution in [2.45, 2.75) is 32.3 Å². The lowest BCUT2D eigenvalue weighted by atomic mass is 9.98. The van der Waals surface area contributed by atoms with E-state index in [0.29, 0.717) is 11.6 Å². The van der Waals surface area contributed by atoms with Crippen molar-refractivity contribution in [3.8, 4) is 0 Å². The summed E-state index contributed by atoms with van der Waals surface area (Å²) < 4.78 is 0. The Balaban J connectivity index is 2.66. The molecule has 4 heteroatoms. The fourth-order valence-electron chi connectivity index (χ4n) is 1.49. The molecule has 0 aliphatic carbocycles. The third-order valence-electron chi connectivity index (χ3n) is 2.96. The third-order valence-corrected chi connectivity index (χ3v) is 3.19. The molecule has 0 unspecified atom stereocenters. The summed E-state index contributed by atoms with van der Waals surface area (Å²) in [5, 5.41) is 4.69. The van der Waals surface area contributed by atoms with E-state index < -0.39 is 0 Å². The lowest BCUT2D eigenvalue weighted by Gasteiger charge is -2.26. The van der Waals surface area contributed by atoms with Crippen LogP contribution in [0.15, 0.2) is 29.4 Å². The van der Waals surface area contributed by atoms with E-state index in [1.807, 2.05) is 38.1 Å². The van der Waals surface area contributed by atoms with Crippen molar-refractivity contribution in [2.24, 2.45) is 10.9 Å². The van der Waals surface area contributed by atoms with E-state index in [9.17, 15) is 0 Å². The zero-order valence-electron chi connectivity index (χ0n) is 10.3. The van der Waals surface area contributed by atoms with Gasteiger partial charge in [0.05, 0.1) is 6.21 Å². The molecule has 0 saturated heterocycles. The van der Waals surface area contributed by atoms with E-state index in [1.165, 1.54) is 0 Å². The molecule has 1 aromatic carbocycles. The molecule has 0 amide bonds. The van der Waals surface area contributed by atoms with Gasteiger partial charge >= 0.3 is 0 Å².